The second-order valence-electron chi connectivity index (χ2n) is 9.30. The third-order valence-corrected chi connectivity index (χ3v) is 7.22. The number of aromatic nitrogens is 3. The van der Waals surface area contributed by atoms with Crippen LogP contribution in [0.4, 0.5) is 0 Å². The summed E-state index contributed by atoms with van der Waals surface area (Å²) < 4.78 is 10.8. The molecule has 0 aliphatic heterocycles. The zero-order chi connectivity index (χ0) is 24.3. The molecule has 0 bridgehead atoms. The molecule has 0 aliphatic rings. The van der Waals surface area contributed by atoms with E-state index >= 15 is 0 Å². The lowest BCUT2D eigenvalue weighted by Crippen LogP contribution is -1.95. The average molecular weight is 476 g/mol. The van der Waals surface area contributed by atoms with Crippen LogP contribution in [0.2, 0.25) is 0 Å². The van der Waals surface area contributed by atoms with Gasteiger partial charge in [0, 0.05) is 32.8 Å². The molecule has 0 amide bonds. The molecule has 0 radical (unpaired) electrons. The van der Waals surface area contributed by atoms with E-state index in [1.165, 1.54) is 27.1 Å². The second-order valence-corrected chi connectivity index (χ2v) is 9.30. The number of rotatable bonds is 3. The van der Waals surface area contributed by atoms with E-state index in [4.69, 9.17) is 9.40 Å². The Morgan fingerprint density at radius 1 is 0.486 bits per heavy atom. The van der Waals surface area contributed by atoms with E-state index in [1.54, 1.807) is 0 Å². The third-order valence-electron chi connectivity index (χ3n) is 7.22. The Morgan fingerprint density at radius 2 is 1.05 bits per heavy atom. The zero-order valence-electron chi connectivity index (χ0n) is 19.9. The molecule has 8 rings (SSSR count). The molecule has 4 nitrogen and oxygen atoms in total. The van der Waals surface area contributed by atoms with E-state index in [1.807, 2.05) is 36.5 Å². The topological polar surface area (TPSA) is 35.9 Å². The Hall–Kier alpha value is -5.09. The predicted octanol–water partition coefficient (Wildman–Crippen LogP) is 8.54. The van der Waals surface area contributed by atoms with Gasteiger partial charge in [0.25, 0.3) is 0 Å². The monoisotopic (exact) mass is 475 g/mol. The van der Waals surface area contributed by atoms with Crippen molar-refractivity contribution in [3.05, 3.63) is 128 Å². The average Bonchev–Trinajstić information content (AvgIpc) is 3.65. The van der Waals surface area contributed by atoms with E-state index in [0.29, 0.717) is 6.01 Å². The molecule has 3 aromatic heterocycles. The first-order valence-electron chi connectivity index (χ1n) is 12.4. The van der Waals surface area contributed by atoms with Crippen LogP contribution in [-0.2, 0) is 0 Å². The van der Waals surface area contributed by atoms with Crippen molar-refractivity contribution in [2.45, 2.75) is 0 Å². The van der Waals surface area contributed by atoms with Gasteiger partial charge in [0.05, 0.1) is 28.3 Å². The van der Waals surface area contributed by atoms with E-state index in [0.717, 1.165) is 33.6 Å². The predicted molar refractivity (Wildman–Crippen MR) is 151 cm³/mol. The van der Waals surface area contributed by atoms with Crippen molar-refractivity contribution in [3.63, 3.8) is 0 Å². The van der Waals surface area contributed by atoms with Gasteiger partial charge >= 0.3 is 6.01 Å². The lowest BCUT2D eigenvalue weighted by Gasteiger charge is -2.08. The number of hydrogen-bond acceptors (Lipinski definition) is 2. The molecule has 0 atom stereocenters. The first kappa shape index (κ1) is 20.1. The molecule has 0 saturated carbocycles. The van der Waals surface area contributed by atoms with Crippen LogP contribution in [0.1, 0.15) is 0 Å². The van der Waals surface area contributed by atoms with Gasteiger partial charge in [-0.15, -0.1) is 0 Å². The summed E-state index contributed by atoms with van der Waals surface area (Å²) in [6.07, 6.45) is 1.81. The second kappa shape index (κ2) is 7.70. The summed E-state index contributed by atoms with van der Waals surface area (Å²) in [5.41, 5.74) is 6.62. The Labute approximate surface area is 212 Å². The molecule has 0 saturated heterocycles. The smallest absolute Gasteiger partial charge is 0.307 e. The summed E-state index contributed by atoms with van der Waals surface area (Å²) in [6.45, 7) is 0. The number of oxazole rings is 1. The lowest BCUT2D eigenvalue weighted by atomic mass is 10.1. The first-order chi connectivity index (χ1) is 18.4. The molecule has 8 aromatic rings. The van der Waals surface area contributed by atoms with Gasteiger partial charge in [-0.3, -0.25) is 4.57 Å². The number of hydrogen-bond donors (Lipinski definition) is 0. The van der Waals surface area contributed by atoms with E-state index in [9.17, 15) is 0 Å². The highest BCUT2D eigenvalue weighted by Crippen LogP contribution is 2.39. The molecule has 174 valence electrons. The van der Waals surface area contributed by atoms with Crippen LogP contribution in [0.25, 0.3) is 66.6 Å². The van der Waals surface area contributed by atoms with Gasteiger partial charge < -0.3 is 8.98 Å². The summed E-state index contributed by atoms with van der Waals surface area (Å²) in [5.74, 6) is 0.751. The molecule has 0 fully saturated rings. The number of para-hydroxylation sites is 3. The van der Waals surface area contributed by atoms with Crippen LogP contribution in [-0.4, -0.2) is 14.1 Å². The number of nitrogens with zero attached hydrogens (tertiary/aromatic N) is 3. The van der Waals surface area contributed by atoms with Gasteiger partial charge in [0.1, 0.15) is 0 Å². The fourth-order valence-electron chi connectivity index (χ4n) is 5.60. The largest absolute Gasteiger partial charge is 0.423 e. The molecule has 37 heavy (non-hydrogen) atoms. The van der Waals surface area contributed by atoms with Crippen LogP contribution >= 0.6 is 0 Å². The van der Waals surface area contributed by atoms with Crippen molar-refractivity contribution in [2.24, 2.45) is 0 Å². The molecule has 0 N–H and O–H groups in total. The van der Waals surface area contributed by atoms with Crippen molar-refractivity contribution in [2.75, 3.05) is 0 Å². The standard InChI is InChI=1S/C33H21N3O/c1-3-11-22(12-4-1)32-21-34-33(37-32)36-29-18-10-8-16-25(29)27-19-26-24-15-7-9-17-28(24)35(30(26)20-31(27)36)23-13-5-2-6-14-23/h1-21H. The fraction of sp³-hybridized carbons (Fsp3) is 0. The van der Waals surface area contributed by atoms with Gasteiger partial charge in [-0.2, -0.15) is 0 Å². The third kappa shape index (κ3) is 2.93. The SMILES string of the molecule is c1ccc(-c2cnc(-n3c4ccccc4c4cc5c6ccccc6n(-c6ccccc6)c5cc43)o2)cc1. The summed E-state index contributed by atoms with van der Waals surface area (Å²) in [4.78, 5) is 4.73. The fourth-order valence-corrected chi connectivity index (χ4v) is 5.60. The quantitative estimate of drug-likeness (QED) is 0.257. The van der Waals surface area contributed by atoms with Gasteiger partial charge in [-0.05, 0) is 36.4 Å². The van der Waals surface area contributed by atoms with Crippen molar-refractivity contribution in [1.82, 2.24) is 14.1 Å². The summed E-state index contributed by atoms with van der Waals surface area (Å²) in [7, 11) is 0. The molecule has 0 aliphatic carbocycles. The van der Waals surface area contributed by atoms with Crippen molar-refractivity contribution < 1.29 is 4.42 Å². The molecule has 0 unspecified atom stereocenters. The van der Waals surface area contributed by atoms with Crippen LogP contribution in [0.3, 0.4) is 0 Å². The minimum Gasteiger partial charge on any atom is -0.423 e. The number of benzene rings is 5. The van der Waals surface area contributed by atoms with E-state index < -0.39 is 0 Å². The highest BCUT2D eigenvalue weighted by Gasteiger charge is 2.20. The molecular weight excluding hydrogens is 454 g/mol. The molecule has 5 aromatic carbocycles. The summed E-state index contributed by atoms with van der Waals surface area (Å²) in [5, 5.41) is 4.82. The van der Waals surface area contributed by atoms with Gasteiger partial charge in [-0.25, -0.2) is 4.98 Å². The van der Waals surface area contributed by atoms with Gasteiger partial charge in [0.15, 0.2) is 5.76 Å². The maximum absolute atomic E-state index is 6.36. The molecule has 0 spiro atoms. The Balaban J connectivity index is 1.49. The molecule has 3 heterocycles. The lowest BCUT2D eigenvalue weighted by molar-refractivity contribution is 0.548. The highest BCUT2D eigenvalue weighted by molar-refractivity contribution is 6.19. The number of fused-ring (bicyclic) bond motifs is 6. The maximum Gasteiger partial charge on any atom is 0.307 e. The van der Waals surface area contributed by atoms with Crippen LogP contribution in [0.5, 0.6) is 0 Å². The minimum absolute atomic E-state index is 0.562. The van der Waals surface area contributed by atoms with E-state index in [2.05, 4.69) is 100 Å². The normalized spacial score (nSPS) is 11.8. The molecule has 4 heteroatoms. The highest BCUT2D eigenvalue weighted by atomic mass is 16.4. The van der Waals surface area contributed by atoms with Gasteiger partial charge in [-0.1, -0.05) is 84.9 Å². The Kier molecular flexibility index (Phi) is 4.19. The Morgan fingerprint density at radius 3 is 1.76 bits per heavy atom. The zero-order valence-corrected chi connectivity index (χ0v) is 19.9. The van der Waals surface area contributed by atoms with Crippen LogP contribution in [0.15, 0.2) is 132 Å². The van der Waals surface area contributed by atoms with E-state index in [-0.39, 0.29) is 0 Å². The van der Waals surface area contributed by atoms with Crippen molar-refractivity contribution in [3.8, 4) is 23.0 Å². The Bertz CT molecular complexity index is 2080. The molecular formula is C33H21N3O. The van der Waals surface area contributed by atoms with Crippen LogP contribution < -0.4 is 0 Å². The first-order valence-corrected chi connectivity index (χ1v) is 12.4. The minimum atomic E-state index is 0.562. The summed E-state index contributed by atoms with van der Waals surface area (Å²) in [6, 6.07) is 42.9. The maximum atomic E-state index is 6.36. The van der Waals surface area contributed by atoms with Crippen molar-refractivity contribution >= 4 is 43.6 Å². The van der Waals surface area contributed by atoms with Crippen LogP contribution in [0, 0.1) is 0 Å². The van der Waals surface area contributed by atoms with Gasteiger partial charge in [0.2, 0.25) is 0 Å². The summed E-state index contributed by atoms with van der Waals surface area (Å²) >= 11 is 0. The van der Waals surface area contributed by atoms with Crippen molar-refractivity contribution in [1.29, 1.82) is 0 Å².